The predicted molar refractivity (Wildman–Crippen MR) is 464 cm³/mol. The van der Waals surface area contributed by atoms with Gasteiger partial charge in [-0.2, -0.15) is 0 Å². The zero-order chi connectivity index (χ0) is 97.0. The van der Waals surface area contributed by atoms with E-state index in [2.05, 4.69) is 79.8 Å². The van der Waals surface area contributed by atoms with Gasteiger partial charge in [0.1, 0.15) is 84.0 Å². The van der Waals surface area contributed by atoms with Crippen molar-refractivity contribution < 1.29 is 137 Å². The van der Waals surface area contributed by atoms with Crippen molar-refractivity contribution in [3.63, 3.8) is 0 Å². The molecule has 0 aliphatic carbocycles. The van der Waals surface area contributed by atoms with Crippen LogP contribution in [-0.2, 0) is 110 Å². The fourth-order valence-electron chi connectivity index (χ4n) is 13.1. The maximum atomic E-state index is 14.7. The second kappa shape index (κ2) is 56.6. The summed E-state index contributed by atoms with van der Waals surface area (Å²) >= 11 is 0.862. The monoisotopic (exact) mass is 1850 g/mol. The second-order valence-corrected chi connectivity index (χ2v) is 32.8. The number of thioether (sulfide) groups is 1. The van der Waals surface area contributed by atoms with E-state index in [0.29, 0.717) is 62.9 Å². The minimum atomic E-state index is -2.22. The largest absolute Gasteiger partial charge is 0.508 e. The highest BCUT2D eigenvalue weighted by atomic mass is 32.2. The molecule has 1 fully saturated rings. The third kappa shape index (κ3) is 39.9. The maximum absolute atomic E-state index is 14.7. The van der Waals surface area contributed by atoms with Crippen LogP contribution in [-0.4, -0.2) is 311 Å². The van der Waals surface area contributed by atoms with Gasteiger partial charge in [0.25, 0.3) is 0 Å². The topological polar surface area (TPSA) is 716 Å². The number of carbonyl (C=O) groups excluding carboxylic acids is 16. The maximum Gasteiger partial charge on any atom is 0.305 e. The number of amides is 16. The number of phenols is 2. The molecule has 16 amide bonds. The quantitative estimate of drug-likeness (QED) is 0.0234. The van der Waals surface area contributed by atoms with Crippen LogP contribution in [0.25, 0.3) is 0 Å². The first kappa shape index (κ1) is 110. The molecule has 1 aliphatic heterocycles. The molecule has 26 N–H and O–H groups in total. The Labute approximate surface area is 753 Å². The van der Waals surface area contributed by atoms with Crippen LogP contribution in [0, 0.1) is 11.8 Å². The van der Waals surface area contributed by atoms with Crippen LogP contribution in [0.3, 0.4) is 0 Å². The summed E-state index contributed by atoms with van der Waals surface area (Å²) in [6, 6.07) is -4.23. The molecule has 0 saturated carbocycles. The van der Waals surface area contributed by atoms with Crippen LogP contribution in [0.15, 0.2) is 78.9 Å². The van der Waals surface area contributed by atoms with E-state index >= 15 is 0 Å². The Morgan fingerprint density at radius 1 is 0.431 bits per heavy atom. The first-order chi connectivity index (χ1) is 61.4. The molecule has 0 spiro atoms. The normalized spacial score (nSPS) is 15.5. The fourth-order valence-corrected chi connectivity index (χ4v) is 13.8. The molecule has 45 nitrogen and oxygen atoms in total. The van der Waals surface area contributed by atoms with E-state index in [4.69, 9.17) is 5.73 Å². The smallest absolute Gasteiger partial charge is 0.305 e. The van der Waals surface area contributed by atoms with Crippen LogP contribution < -0.4 is 85.5 Å². The van der Waals surface area contributed by atoms with Gasteiger partial charge in [0, 0.05) is 57.8 Å². The number of rotatable bonds is 59. The number of phenolic OH excluding ortho intramolecular Hbond substituents is 2. The molecule has 0 bridgehead atoms. The molecule has 3 aromatic rings. The van der Waals surface area contributed by atoms with E-state index in [1.54, 1.807) is 50.8 Å². The Kier molecular flexibility index (Phi) is 47.8. The van der Waals surface area contributed by atoms with Gasteiger partial charge < -0.3 is 136 Å². The Balaban J connectivity index is 1.53. The summed E-state index contributed by atoms with van der Waals surface area (Å²) in [4.78, 5) is 259. The van der Waals surface area contributed by atoms with Gasteiger partial charge in [0.05, 0.1) is 56.3 Å². The highest BCUT2D eigenvalue weighted by Crippen LogP contribution is 2.19. The molecule has 1 aliphatic rings. The summed E-state index contributed by atoms with van der Waals surface area (Å²) in [6.45, 7) is 8.25. The lowest BCUT2D eigenvalue weighted by Crippen LogP contribution is -2.63. The van der Waals surface area contributed by atoms with E-state index in [1.807, 2.05) is 0 Å². The number of nitrogens with one attached hydrogen (secondary N) is 15. The Hall–Kier alpha value is -12.7. The molecule has 16 atom stereocenters. The van der Waals surface area contributed by atoms with Crippen LogP contribution in [0.1, 0.15) is 136 Å². The lowest BCUT2D eigenvalue weighted by molar-refractivity contribution is -0.142. The molecule has 3 aromatic carbocycles. The SMILES string of the molecule is CC[C@H](C)[C@H](NC(=O)[C@H](CO)NC(=O)[C@H](Cc1ccc(O)cc1)NC(=O)[C@H](CC(=O)O)NC(=O)[C@H](CO)NC(=O)[C@@H](NC(=O)[C@H](Cc1ccccc1)NC(=O)[C@@H](NC(=O)CNC(=O)[C@H](CCC(=O)O)NC(=O)CSCC(=O)NCCN1CCCC1=O)[C@@H](C)O)[C@@H](C)O)C(=O)N[C@@H](Cc1ccc(O)cc1)C(=O)N[C@@H](CC(C)C)C(=O)N[C@@H](CC(=O)O)C(=O)N[C@H](C)CCCCN. The van der Waals surface area contributed by atoms with E-state index in [9.17, 15) is 137 Å². The Morgan fingerprint density at radius 3 is 1.32 bits per heavy atom. The van der Waals surface area contributed by atoms with E-state index in [0.717, 1.165) is 25.6 Å². The summed E-state index contributed by atoms with van der Waals surface area (Å²) in [5, 5.41) is 128. The summed E-state index contributed by atoms with van der Waals surface area (Å²) in [5.41, 5.74) is 6.50. The molecule has 130 heavy (non-hydrogen) atoms. The van der Waals surface area contributed by atoms with E-state index in [-0.39, 0.29) is 66.2 Å². The Bertz CT molecular complexity index is 4340. The fraction of sp³-hybridized carbons (Fsp3) is 0.560. The molecule has 46 heteroatoms. The molecule has 0 radical (unpaired) electrons. The third-order valence-electron chi connectivity index (χ3n) is 20.4. The summed E-state index contributed by atoms with van der Waals surface area (Å²) in [5.74, 6) is -23.3. The number of hydrogen-bond acceptors (Lipinski definition) is 27. The third-order valence-corrected chi connectivity index (χ3v) is 21.3. The zero-order valence-electron chi connectivity index (χ0n) is 73.3. The van der Waals surface area contributed by atoms with Crippen molar-refractivity contribution in [2.75, 3.05) is 57.4 Å². The van der Waals surface area contributed by atoms with Crippen LogP contribution >= 0.6 is 11.8 Å². The molecular weight excluding hydrogens is 1730 g/mol. The highest BCUT2D eigenvalue weighted by Gasteiger charge is 2.40. The van der Waals surface area contributed by atoms with Gasteiger partial charge >= 0.3 is 17.9 Å². The van der Waals surface area contributed by atoms with Crippen molar-refractivity contribution in [3.05, 3.63) is 95.6 Å². The van der Waals surface area contributed by atoms with Crippen molar-refractivity contribution in [1.82, 2.24) is 84.7 Å². The van der Waals surface area contributed by atoms with Crippen molar-refractivity contribution in [2.24, 2.45) is 17.6 Å². The second-order valence-electron chi connectivity index (χ2n) is 31.8. The van der Waals surface area contributed by atoms with Gasteiger partial charge in [-0.15, -0.1) is 11.8 Å². The number of carboxylic acid groups (broad SMARTS) is 3. The van der Waals surface area contributed by atoms with Gasteiger partial charge in [-0.25, -0.2) is 0 Å². The summed E-state index contributed by atoms with van der Waals surface area (Å²) in [6.07, 6.45) is -5.21. The summed E-state index contributed by atoms with van der Waals surface area (Å²) in [7, 11) is 0. The number of unbranched alkanes of at least 4 members (excludes halogenated alkanes) is 1. The molecule has 1 saturated heterocycles. The number of aliphatic carboxylic acids is 3. The number of benzene rings is 3. The van der Waals surface area contributed by atoms with Gasteiger partial charge in [-0.1, -0.05) is 95.1 Å². The first-order valence-electron chi connectivity index (χ1n) is 42.3. The van der Waals surface area contributed by atoms with E-state index in [1.165, 1.54) is 67.6 Å². The minimum Gasteiger partial charge on any atom is -0.508 e. The molecule has 4 rings (SSSR count). The van der Waals surface area contributed by atoms with E-state index < -0.39 is 261 Å². The number of carboxylic acids is 3. The number of hydrogen-bond donors (Lipinski definition) is 25. The number of likely N-dealkylation sites (tertiary alicyclic amines) is 1. The van der Waals surface area contributed by atoms with Crippen molar-refractivity contribution in [3.8, 4) is 11.5 Å². The predicted octanol–water partition coefficient (Wildman–Crippen LogP) is -6.18. The average Bonchev–Trinajstić information content (AvgIpc) is 1.82. The van der Waals surface area contributed by atoms with Gasteiger partial charge in [0.15, 0.2) is 0 Å². The first-order valence-corrected chi connectivity index (χ1v) is 43.5. The van der Waals surface area contributed by atoms with Gasteiger partial charge in [0.2, 0.25) is 94.5 Å². The van der Waals surface area contributed by atoms with Gasteiger partial charge in [-0.3, -0.25) is 91.1 Å². The molecule has 0 unspecified atom stereocenters. The summed E-state index contributed by atoms with van der Waals surface area (Å²) < 4.78 is 0. The molecule has 718 valence electrons. The van der Waals surface area contributed by atoms with Crippen LogP contribution in [0.4, 0.5) is 0 Å². The number of aromatic hydroxyl groups is 2. The standard InChI is InChI=1S/C84H123N17O28S/c1-8-45(4)70(82(127)94-57(36-51-21-25-53(107)26-22-51)76(121)90-55(33-44(2)3)75(120)92-59(37-68(114)115)74(119)88-46(5)15-12-13-29-85)99-81(126)62(41-103)96-77(122)56(35-50-19-23-52(106)24-20-50)91-78(123)60(38-69(116)117)93-80(125)61(40-102)97-84(129)72(48(7)105)100-79(124)58(34-49-16-10-9-11-17-49)95-83(128)71(47(6)104)98-63(108)39-87-73(118)54(27-28-67(112)113)89-65(110)43-130-42-64(109)86-30-32-101-31-14-18-66(101)111/h9-11,16-17,19-26,44-48,54-62,70-72,102-107H,8,12-15,18,27-43,85H2,1-7H3,(H,86,109)(H,87,118)(H,88,119)(H,89,110)(H,90,121)(H,91,123)(H,92,120)(H,93,125)(H,94,127)(H,95,128)(H,96,122)(H,97,129)(H,98,108)(H,99,126)(H,100,124)(H,112,113)(H,114,115)(H,116,117)/t45-,46+,47+,48+,54-,55-,56-,57-,58-,59-,60-,61-,62-,70-,71-,72-/m0/s1. The number of aliphatic hydroxyl groups excluding tert-OH is 4. The highest BCUT2D eigenvalue weighted by molar-refractivity contribution is 8.00. The number of nitrogens with zero attached hydrogens (tertiary/aromatic N) is 1. The van der Waals surface area contributed by atoms with Crippen LogP contribution in [0.2, 0.25) is 0 Å². The Morgan fingerprint density at radius 2 is 0.846 bits per heavy atom. The number of nitrogens with two attached hydrogens (primary N) is 1. The number of carbonyl (C=O) groups is 19. The van der Waals surface area contributed by atoms with Crippen molar-refractivity contribution >= 4 is 124 Å². The van der Waals surface area contributed by atoms with Crippen molar-refractivity contribution in [1.29, 1.82) is 0 Å². The molecule has 0 aromatic heterocycles. The lowest BCUT2D eigenvalue weighted by atomic mass is 9.96. The molecular formula is C84H123N17O28S. The average molecular weight is 1850 g/mol. The van der Waals surface area contributed by atoms with Crippen molar-refractivity contribution in [2.45, 2.75) is 229 Å². The van der Waals surface area contributed by atoms with Crippen LogP contribution in [0.5, 0.6) is 11.5 Å². The van der Waals surface area contributed by atoms with Gasteiger partial charge in [-0.05, 0) is 112 Å². The minimum absolute atomic E-state index is 0.0313. The zero-order valence-corrected chi connectivity index (χ0v) is 74.1. The lowest BCUT2D eigenvalue weighted by Gasteiger charge is -2.30. The molecule has 1 heterocycles. The number of aliphatic hydroxyl groups is 4.